The number of rotatable bonds is 5. The molecule has 1 aliphatic carbocycles. The summed E-state index contributed by atoms with van der Waals surface area (Å²) in [4.78, 5) is 24.6. The van der Waals surface area contributed by atoms with Crippen LogP contribution >= 0.6 is 0 Å². The van der Waals surface area contributed by atoms with E-state index >= 15 is 0 Å². The third kappa shape index (κ3) is 2.81. The molecule has 0 aromatic rings. The largest absolute Gasteiger partial charge is 0.481 e. The van der Waals surface area contributed by atoms with Crippen LogP contribution in [0.3, 0.4) is 0 Å². The lowest BCUT2D eigenvalue weighted by Gasteiger charge is -2.27. The Morgan fingerprint density at radius 2 is 2.11 bits per heavy atom. The van der Waals surface area contributed by atoms with E-state index in [1.165, 1.54) is 4.90 Å². The number of hydrogen-bond donors (Lipinski definition) is 2. The van der Waals surface area contributed by atoms with Gasteiger partial charge in [-0.25, -0.2) is 0 Å². The van der Waals surface area contributed by atoms with Crippen LogP contribution in [0.2, 0.25) is 0 Å². The lowest BCUT2D eigenvalue weighted by molar-refractivity contribution is -0.144. The number of carbonyl (C=O) groups is 2. The summed E-state index contributed by atoms with van der Waals surface area (Å²) in [5.41, 5.74) is 5.92. The van der Waals surface area contributed by atoms with Crippen molar-refractivity contribution in [2.24, 2.45) is 17.6 Å². The van der Waals surface area contributed by atoms with Gasteiger partial charge in [-0.1, -0.05) is 0 Å². The lowest BCUT2D eigenvalue weighted by Crippen LogP contribution is -2.45. The minimum absolute atomic E-state index is 0.0869. The number of likely N-dealkylation sites (N-methyl/N-ethyl adjacent to an activating group) is 1. The monoisotopic (exact) mass is 256 g/mol. The Morgan fingerprint density at radius 3 is 2.67 bits per heavy atom. The van der Waals surface area contributed by atoms with E-state index in [4.69, 9.17) is 15.6 Å². The van der Waals surface area contributed by atoms with Gasteiger partial charge in [0.1, 0.15) is 5.92 Å². The quantitative estimate of drug-likeness (QED) is 0.702. The fraction of sp³-hybridized carbons (Fsp3) is 0.833. The van der Waals surface area contributed by atoms with Gasteiger partial charge in [0.15, 0.2) is 0 Å². The highest BCUT2D eigenvalue weighted by Gasteiger charge is 2.39. The highest BCUT2D eigenvalue weighted by Crippen LogP contribution is 2.33. The topological polar surface area (TPSA) is 92.9 Å². The van der Waals surface area contributed by atoms with Gasteiger partial charge >= 0.3 is 5.97 Å². The van der Waals surface area contributed by atoms with E-state index < -0.39 is 11.9 Å². The number of ether oxygens (including phenoxy) is 1. The van der Waals surface area contributed by atoms with E-state index in [1.54, 1.807) is 7.05 Å². The fourth-order valence-electron chi connectivity index (χ4n) is 2.38. The number of carbonyl (C=O) groups excluding carboxylic acids is 1. The first-order valence-corrected chi connectivity index (χ1v) is 6.32. The maximum atomic E-state index is 12.0. The van der Waals surface area contributed by atoms with Crippen molar-refractivity contribution in [1.82, 2.24) is 4.90 Å². The van der Waals surface area contributed by atoms with Gasteiger partial charge in [-0.3, -0.25) is 9.59 Å². The molecule has 0 aromatic carbocycles. The molecule has 1 amide bonds. The van der Waals surface area contributed by atoms with Crippen molar-refractivity contribution in [3.05, 3.63) is 0 Å². The highest BCUT2D eigenvalue weighted by atomic mass is 16.5. The molecule has 1 heterocycles. The SMILES string of the molecule is CN(C(=O)CC(N)C1CC1)C1COCC1C(=O)O. The number of amides is 1. The maximum absolute atomic E-state index is 12.0. The summed E-state index contributed by atoms with van der Waals surface area (Å²) < 4.78 is 5.16. The molecule has 18 heavy (non-hydrogen) atoms. The van der Waals surface area contributed by atoms with Gasteiger partial charge in [0.05, 0.1) is 19.3 Å². The molecule has 0 radical (unpaired) electrons. The van der Waals surface area contributed by atoms with E-state index in [2.05, 4.69) is 0 Å². The van der Waals surface area contributed by atoms with Crippen LogP contribution in [0.5, 0.6) is 0 Å². The van der Waals surface area contributed by atoms with Gasteiger partial charge in [-0.15, -0.1) is 0 Å². The average molecular weight is 256 g/mol. The van der Waals surface area contributed by atoms with Crippen LogP contribution in [0.25, 0.3) is 0 Å². The number of aliphatic carboxylic acids is 1. The van der Waals surface area contributed by atoms with Crippen LogP contribution in [-0.4, -0.2) is 54.2 Å². The average Bonchev–Trinajstić information content (AvgIpc) is 3.05. The summed E-state index contributed by atoms with van der Waals surface area (Å²) in [5, 5.41) is 9.05. The van der Waals surface area contributed by atoms with Gasteiger partial charge in [0.25, 0.3) is 0 Å². The summed E-state index contributed by atoms with van der Waals surface area (Å²) in [6, 6.07) is -0.466. The van der Waals surface area contributed by atoms with E-state index in [-0.39, 0.29) is 31.2 Å². The summed E-state index contributed by atoms with van der Waals surface area (Å²) in [7, 11) is 1.64. The van der Waals surface area contributed by atoms with Crippen molar-refractivity contribution in [3.8, 4) is 0 Å². The molecule has 2 aliphatic rings. The Kier molecular flexibility index (Phi) is 3.87. The number of carboxylic acid groups (broad SMARTS) is 1. The van der Waals surface area contributed by atoms with Crippen LogP contribution in [0, 0.1) is 11.8 Å². The molecule has 6 nitrogen and oxygen atoms in total. The van der Waals surface area contributed by atoms with Crippen molar-refractivity contribution in [2.75, 3.05) is 20.3 Å². The van der Waals surface area contributed by atoms with E-state index in [0.717, 1.165) is 12.8 Å². The van der Waals surface area contributed by atoms with Crippen LogP contribution in [0.1, 0.15) is 19.3 Å². The minimum Gasteiger partial charge on any atom is -0.481 e. The molecule has 3 unspecified atom stereocenters. The Bertz CT molecular complexity index is 343. The van der Waals surface area contributed by atoms with Crippen molar-refractivity contribution in [1.29, 1.82) is 0 Å². The van der Waals surface area contributed by atoms with Gasteiger partial charge in [0.2, 0.25) is 5.91 Å². The summed E-state index contributed by atoms with van der Waals surface area (Å²) in [6.45, 7) is 0.462. The first-order valence-electron chi connectivity index (χ1n) is 6.32. The maximum Gasteiger partial charge on any atom is 0.311 e. The normalized spacial score (nSPS) is 29.0. The second kappa shape index (κ2) is 5.24. The molecule has 6 heteroatoms. The summed E-state index contributed by atoms with van der Waals surface area (Å²) in [6.07, 6.45) is 2.49. The minimum atomic E-state index is -0.913. The highest BCUT2D eigenvalue weighted by molar-refractivity contribution is 5.79. The first-order chi connectivity index (χ1) is 8.50. The second-order valence-electron chi connectivity index (χ2n) is 5.26. The zero-order valence-corrected chi connectivity index (χ0v) is 10.5. The van der Waals surface area contributed by atoms with Crippen molar-refractivity contribution in [3.63, 3.8) is 0 Å². The zero-order chi connectivity index (χ0) is 13.3. The molecule has 102 valence electrons. The Hall–Kier alpha value is -1.14. The lowest BCUT2D eigenvalue weighted by atomic mass is 10.0. The van der Waals surface area contributed by atoms with Crippen LogP contribution < -0.4 is 5.73 Å². The second-order valence-corrected chi connectivity index (χ2v) is 5.26. The molecule has 0 aromatic heterocycles. The number of hydrogen-bond acceptors (Lipinski definition) is 4. The Labute approximate surface area is 106 Å². The van der Waals surface area contributed by atoms with Crippen molar-refractivity contribution in [2.45, 2.75) is 31.3 Å². The first kappa shape index (κ1) is 13.3. The summed E-state index contributed by atoms with van der Waals surface area (Å²) >= 11 is 0. The van der Waals surface area contributed by atoms with Crippen LogP contribution in [0.4, 0.5) is 0 Å². The number of carboxylic acids is 1. The molecule has 3 N–H and O–H groups in total. The molecule has 0 spiro atoms. The Balaban J connectivity index is 1.90. The van der Waals surface area contributed by atoms with Crippen molar-refractivity contribution >= 4 is 11.9 Å². The molecular weight excluding hydrogens is 236 g/mol. The zero-order valence-electron chi connectivity index (χ0n) is 10.5. The fourth-order valence-corrected chi connectivity index (χ4v) is 2.38. The third-order valence-electron chi connectivity index (χ3n) is 3.90. The van der Waals surface area contributed by atoms with E-state index in [9.17, 15) is 9.59 Å². The van der Waals surface area contributed by atoms with Gasteiger partial charge in [0, 0.05) is 19.5 Å². The van der Waals surface area contributed by atoms with Crippen molar-refractivity contribution < 1.29 is 19.4 Å². The standard InChI is InChI=1S/C12H20N2O4/c1-14(10-6-18-5-8(10)12(16)17)11(15)4-9(13)7-2-3-7/h7-10H,2-6,13H2,1H3,(H,16,17). The Morgan fingerprint density at radius 1 is 1.44 bits per heavy atom. The third-order valence-corrected chi connectivity index (χ3v) is 3.90. The molecule has 3 atom stereocenters. The number of nitrogens with zero attached hydrogens (tertiary/aromatic N) is 1. The molecule has 0 bridgehead atoms. The molecule has 1 aliphatic heterocycles. The molecule has 2 rings (SSSR count). The molecule has 1 saturated heterocycles. The van der Waals surface area contributed by atoms with Gasteiger partial charge in [-0.2, -0.15) is 0 Å². The van der Waals surface area contributed by atoms with E-state index in [0.29, 0.717) is 12.3 Å². The van der Waals surface area contributed by atoms with Gasteiger partial charge < -0.3 is 20.5 Å². The van der Waals surface area contributed by atoms with Gasteiger partial charge in [-0.05, 0) is 18.8 Å². The van der Waals surface area contributed by atoms with Crippen LogP contribution in [-0.2, 0) is 14.3 Å². The van der Waals surface area contributed by atoms with E-state index in [1.807, 2.05) is 0 Å². The molecular formula is C12H20N2O4. The number of nitrogens with two attached hydrogens (primary N) is 1. The van der Waals surface area contributed by atoms with Crippen LogP contribution in [0.15, 0.2) is 0 Å². The predicted molar refractivity (Wildman–Crippen MR) is 63.8 cm³/mol. The smallest absolute Gasteiger partial charge is 0.311 e. The molecule has 1 saturated carbocycles. The summed E-state index contributed by atoms with van der Waals surface area (Å²) in [5.74, 6) is -1.16. The molecule has 2 fully saturated rings. The predicted octanol–water partition coefficient (Wildman–Crippen LogP) is -0.328.